The lowest BCUT2D eigenvalue weighted by Gasteiger charge is -2.37. The van der Waals surface area contributed by atoms with Crippen LogP contribution in [0.3, 0.4) is 0 Å². The first-order valence-corrected chi connectivity index (χ1v) is 8.71. The largest absolute Gasteiger partial charge is 0.444 e. The van der Waals surface area contributed by atoms with Crippen LogP contribution in [0.15, 0.2) is 0 Å². The average Bonchev–Trinajstić information content (AvgIpc) is 2.77. The van der Waals surface area contributed by atoms with E-state index in [1.165, 1.54) is 0 Å². The molecule has 0 aromatic rings. The van der Waals surface area contributed by atoms with Crippen molar-refractivity contribution in [2.45, 2.75) is 89.6 Å². The molecule has 8 heteroatoms. The van der Waals surface area contributed by atoms with Crippen molar-refractivity contribution in [3.8, 4) is 0 Å². The summed E-state index contributed by atoms with van der Waals surface area (Å²) in [7, 11) is 0. The molecular formula is C17H30N2O6. The Morgan fingerprint density at radius 1 is 1.28 bits per heavy atom. The van der Waals surface area contributed by atoms with Crippen molar-refractivity contribution in [3.05, 3.63) is 0 Å². The van der Waals surface area contributed by atoms with Gasteiger partial charge in [0.25, 0.3) is 0 Å². The van der Waals surface area contributed by atoms with E-state index in [2.05, 4.69) is 5.32 Å². The number of hydrogen-bond acceptors (Lipinski definition) is 6. The number of nitrogens with two attached hydrogens (primary N) is 1. The molecule has 2 aliphatic heterocycles. The van der Waals surface area contributed by atoms with Gasteiger partial charge in [0.15, 0.2) is 5.79 Å². The highest BCUT2D eigenvalue weighted by molar-refractivity contribution is 5.79. The van der Waals surface area contributed by atoms with Gasteiger partial charge in [-0.05, 0) is 47.5 Å². The zero-order valence-electron chi connectivity index (χ0n) is 15.7. The molecule has 0 aliphatic carbocycles. The lowest BCUT2D eigenvalue weighted by Crippen LogP contribution is -2.53. The van der Waals surface area contributed by atoms with Gasteiger partial charge < -0.3 is 30.0 Å². The fourth-order valence-electron chi connectivity index (χ4n) is 3.08. The Morgan fingerprint density at radius 3 is 2.48 bits per heavy atom. The zero-order chi connectivity index (χ0) is 18.8. The molecule has 25 heavy (non-hydrogen) atoms. The Bertz CT molecular complexity index is 502. The standard InChI is InChI=1S/C17H30N2O6/c1-16(2,3)25-15(21)19-11-6-7-12(14(18)20)23-13(11)8-10-9-22-17(4,5)24-10/h10-13H,6-9H2,1-5H3,(H2,18,20)(H,19,21). The zero-order valence-corrected chi connectivity index (χ0v) is 15.7. The van der Waals surface area contributed by atoms with E-state index in [0.717, 1.165) is 0 Å². The predicted molar refractivity (Wildman–Crippen MR) is 89.8 cm³/mol. The Labute approximate surface area is 148 Å². The van der Waals surface area contributed by atoms with Gasteiger partial charge in [-0.15, -0.1) is 0 Å². The van der Waals surface area contributed by atoms with E-state index in [9.17, 15) is 9.59 Å². The second-order valence-electron chi connectivity index (χ2n) is 8.08. The summed E-state index contributed by atoms with van der Waals surface area (Å²) < 4.78 is 22.5. The third kappa shape index (κ3) is 6.13. The Morgan fingerprint density at radius 2 is 1.96 bits per heavy atom. The maximum Gasteiger partial charge on any atom is 0.407 e. The highest BCUT2D eigenvalue weighted by atomic mass is 16.7. The van der Waals surface area contributed by atoms with Crippen LogP contribution in [0.2, 0.25) is 0 Å². The lowest BCUT2D eigenvalue weighted by atomic mass is 9.94. The van der Waals surface area contributed by atoms with Gasteiger partial charge in [0.05, 0.1) is 24.9 Å². The van der Waals surface area contributed by atoms with Crippen LogP contribution in [-0.4, -0.2) is 54.3 Å². The second-order valence-corrected chi connectivity index (χ2v) is 8.08. The molecule has 0 radical (unpaired) electrons. The predicted octanol–water partition coefficient (Wildman–Crippen LogP) is 1.45. The molecule has 0 saturated carbocycles. The van der Waals surface area contributed by atoms with Crippen LogP contribution in [-0.2, 0) is 23.7 Å². The number of carbonyl (C=O) groups excluding carboxylic acids is 2. The quantitative estimate of drug-likeness (QED) is 0.787. The Kier molecular flexibility index (Phi) is 5.96. The Hall–Kier alpha value is -1.38. The number of amides is 2. The van der Waals surface area contributed by atoms with Crippen molar-refractivity contribution in [3.63, 3.8) is 0 Å². The highest BCUT2D eigenvalue weighted by Crippen LogP contribution is 2.29. The summed E-state index contributed by atoms with van der Waals surface area (Å²) in [6.07, 6.45) is -0.206. The number of alkyl carbamates (subject to hydrolysis) is 1. The van der Waals surface area contributed by atoms with Gasteiger partial charge >= 0.3 is 6.09 Å². The maximum absolute atomic E-state index is 12.1. The van der Waals surface area contributed by atoms with Crippen LogP contribution < -0.4 is 11.1 Å². The van der Waals surface area contributed by atoms with Crippen molar-refractivity contribution in [2.24, 2.45) is 5.73 Å². The number of primary amides is 1. The fourth-order valence-corrected chi connectivity index (χ4v) is 3.08. The van der Waals surface area contributed by atoms with Gasteiger partial charge in [0, 0.05) is 6.42 Å². The second kappa shape index (κ2) is 7.47. The van der Waals surface area contributed by atoms with Crippen LogP contribution in [0.1, 0.15) is 53.9 Å². The number of nitrogens with one attached hydrogen (secondary N) is 1. The number of ether oxygens (including phenoxy) is 4. The molecule has 2 fully saturated rings. The Balaban J connectivity index is 2.00. The van der Waals surface area contributed by atoms with Crippen molar-refractivity contribution >= 4 is 12.0 Å². The minimum Gasteiger partial charge on any atom is -0.444 e. The molecule has 2 heterocycles. The molecule has 2 aliphatic rings. The van der Waals surface area contributed by atoms with Crippen LogP contribution in [0, 0.1) is 0 Å². The topological polar surface area (TPSA) is 109 Å². The summed E-state index contributed by atoms with van der Waals surface area (Å²) in [5.41, 5.74) is 4.79. The molecule has 0 aromatic carbocycles. The van der Waals surface area contributed by atoms with E-state index in [-0.39, 0.29) is 12.1 Å². The van der Waals surface area contributed by atoms with E-state index >= 15 is 0 Å². The maximum atomic E-state index is 12.1. The average molecular weight is 358 g/mol. The molecule has 0 aromatic heterocycles. The molecular weight excluding hydrogens is 328 g/mol. The lowest BCUT2D eigenvalue weighted by molar-refractivity contribution is -0.155. The minimum absolute atomic E-state index is 0.172. The van der Waals surface area contributed by atoms with Crippen LogP contribution >= 0.6 is 0 Å². The third-order valence-corrected chi connectivity index (χ3v) is 4.11. The SMILES string of the molecule is CC(C)(C)OC(=O)NC1CCC(C(N)=O)OC1CC1COC(C)(C)O1. The summed E-state index contributed by atoms with van der Waals surface area (Å²) in [6, 6.07) is -0.280. The summed E-state index contributed by atoms with van der Waals surface area (Å²) in [4.78, 5) is 23.6. The minimum atomic E-state index is -0.656. The van der Waals surface area contributed by atoms with Gasteiger partial charge in [-0.1, -0.05) is 0 Å². The van der Waals surface area contributed by atoms with E-state index in [4.69, 9.17) is 24.7 Å². The van der Waals surface area contributed by atoms with E-state index in [1.54, 1.807) is 20.8 Å². The molecule has 4 unspecified atom stereocenters. The van der Waals surface area contributed by atoms with Crippen molar-refractivity contribution in [2.75, 3.05) is 6.61 Å². The highest BCUT2D eigenvalue weighted by Gasteiger charge is 2.40. The fraction of sp³-hybridized carbons (Fsp3) is 0.882. The first-order chi connectivity index (χ1) is 11.5. The number of rotatable bonds is 4. The summed E-state index contributed by atoms with van der Waals surface area (Å²) in [6.45, 7) is 9.53. The molecule has 8 nitrogen and oxygen atoms in total. The van der Waals surface area contributed by atoms with Crippen molar-refractivity contribution in [1.29, 1.82) is 0 Å². The van der Waals surface area contributed by atoms with Crippen LogP contribution in [0.25, 0.3) is 0 Å². The van der Waals surface area contributed by atoms with Crippen molar-refractivity contribution in [1.82, 2.24) is 5.32 Å². The molecule has 0 spiro atoms. The van der Waals surface area contributed by atoms with Gasteiger partial charge in [0.1, 0.15) is 11.7 Å². The van der Waals surface area contributed by atoms with E-state index in [1.807, 2.05) is 13.8 Å². The summed E-state index contributed by atoms with van der Waals surface area (Å²) >= 11 is 0. The molecule has 0 bridgehead atoms. The smallest absolute Gasteiger partial charge is 0.407 e. The van der Waals surface area contributed by atoms with Gasteiger partial charge in [0.2, 0.25) is 5.91 Å². The van der Waals surface area contributed by atoms with Gasteiger partial charge in [-0.2, -0.15) is 0 Å². The van der Waals surface area contributed by atoms with Gasteiger partial charge in [-0.25, -0.2) is 4.79 Å². The molecule has 4 atom stereocenters. The van der Waals surface area contributed by atoms with Crippen LogP contribution in [0.5, 0.6) is 0 Å². The van der Waals surface area contributed by atoms with E-state index in [0.29, 0.717) is 25.9 Å². The summed E-state index contributed by atoms with van der Waals surface area (Å²) in [5, 5.41) is 2.85. The number of hydrogen-bond donors (Lipinski definition) is 2. The third-order valence-electron chi connectivity index (χ3n) is 4.11. The number of carbonyl (C=O) groups is 2. The molecule has 2 rings (SSSR count). The van der Waals surface area contributed by atoms with Crippen molar-refractivity contribution < 1.29 is 28.5 Å². The first-order valence-electron chi connectivity index (χ1n) is 8.71. The first kappa shape index (κ1) is 19.9. The molecule has 3 N–H and O–H groups in total. The normalized spacial score (nSPS) is 32.2. The van der Waals surface area contributed by atoms with E-state index < -0.39 is 35.6 Å². The molecule has 2 amide bonds. The van der Waals surface area contributed by atoms with Gasteiger partial charge in [-0.3, -0.25) is 4.79 Å². The summed E-state index contributed by atoms with van der Waals surface area (Å²) in [5.74, 6) is -1.14. The monoisotopic (exact) mass is 358 g/mol. The molecule has 2 saturated heterocycles. The van der Waals surface area contributed by atoms with Crippen LogP contribution in [0.4, 0.5) is 4.79 Å². The molecule has 144 valence electrons.